The van der Waals surface area contributed by atoms with Gasteiger partial charge in [0.1, 0.15) is 0 Å². The van der Waals surface area contributed by atoms with Crippen molar-refractivity contribution >= 4 is 35.7 Å². The molecule has 3 N–H and O–H groups in total. The fourth-order valence-electron chi connectivity index (χ4n) is 3.48. The third-order valence-corrected chi connectivity index (χ3v) is 4.91. The number of hydrogen-bond acceptors (Lipinski definition) is 3. The third-order valence-electron chi connectivity index (χ3n) is 4.91. The van der Waals surface area contributed by atoms with Gasteiger partial charge in [-0.3, -0.25) is 4.79 Å². The Kier molecular flexibility index (Phi) is 8.19. The molecule has 0 bridgehead atoms. The van der Waals surface area contributed by atoms with Gasteiger partial charge in [-0.1, -0.05) is 12.8 Å². The molecule has 1 atom stereocenters. The highest BCUT2D eigenvalue weighted by Gasteiger charge is 2.18. The molecule has 0 aliphatic carbocycles. The van der Waals surface area contributed by atoms with Gasteiger partial charge in [0.25, 0.3) is 0 Å². The van der Waals surface area contributed by atoms with Crippen LogP contribution in [0.3, 0.4) is 0 Å². The molecule has 3 rings (SSSR count). The monoisotopic (exact) mass is 380 g/mol. The molecule has 0 aromatic heterocycles. The number of urea groups is 1. The second-order valence-electron chi connectivity index (χ2n) is 6.95. The molecule has 0 radical (unpaired) electrons. The Balaban J connectivity index is 0.00000243. The highest BCUT2D eigenvalue weighted by Crippen LogP contribution is 2.17. The van der Waals surface area contributed by atoms with Gasteiger partial charge in [-0.05, 0) is 56.5 Å². The van der Waals surface area contributed by atoms with Crippen molar-refractivity contribution in [2.75, 3.05) is 30.3 Å². The van der Waals surface area contributed by atoms with Crippen LogP contribution in [0.25, 0.3) is 0 Å². The van der Waals surface area contributed by atoms with Crippen LogP contribution in [0.15, 0.2) is 24.3 Å². The minimum atomic E-state index is -0.0361. The largest absolute Gasteiger partial charge is 0.326 e. The van der Waals surface area contributed by atoms with Gasteiger partial charge in [0.05, 0.1) is 0 Å². The third kappa shape index (κ3) is 6.18. The SMILES string of the molecule is Cl.O=C(CC1CCCN1)Nc1ccc(NC(=O)N2CCCCCC2)cc1. The van der Waals surface area contributed by atoms with E-state index in [1.807, 2.05) is 29.2 Å². The summed E-state index contributed by atoms with van der Waals surface area (Å²) < 4.78 is 0. The zero-order valence-electron chi connectivity index (χ0n) is 15.1. The maximum atomic E-state index is 12.3. The molecule has 0 spiro atoms. The highest BCUT2D eigenvalue weighted by molar-refractivity contribution is 5.92. The Hall–Kier alpha value is -1.79. The number of likely N-dealkylation sites (tertiary alicyclic amines) is 1. The lowest BCUT2D eigenvalue weighted by Gasteiger charge is -2.20. The van der Waals surface area contributed by atoms with E-state index in [2.05, 4.69) is 16.0 Å². The number of hydrogen-bond donors (Lipinski definition) is 3. The van der Waals surface area contributed by atoms with Crippen LogP contribution in [0, 0.1) is 0 Å². The molecule has 3 amide bonds. The van der Waals surface area contributed by atoms with E-state index < -0.39 is 0 Å². The normalized spacial score (nSPS) is 20.0. The van der Waals surface area contributed by atoms with Crippen LogP contribution in [-0.2, 0) is 4.79 Å². The number of anilines is 2. The summed E-state index contributed by atoms with van der Waals surface area (Å²) in [5, 5.41) is 9.19. The van der Waals surface area contributed by atoms with Gasteiger partial charge in [-0.25, -0.2) is 4.79 Å². The van der Waals surface area contributed by atoms with Crippen molar-refractivity contribution in [2.24, 2.45) is 0 Å². The summed E-state index contributed by atoms with van der Waals surface area (Å²) in [5.41, 5.74) is 1.51. The fourth-order valence-corrected chi connectivity index (χ4v) is 3.48. The quantitative estimate of drug-likeness (QED) is 0.747. The number of nitrogens with zero attached hydrogens (tertiary/aromatic N) is 1. The minimum absolute atomic E-state index is 0. The van der Waals surface area contributed by atoms with Crippen molar-refractivity contribution in [2.45, 2.75) is 51.0 Å². The molecule has 2 aliphatic rings. The number of carbonyl (C=O) groups excluding carboxylic acids is 2. The minimum Gasteiger partial charge on any atom is -0.326 e. The van der Waals surface area contributed by atoms with Crippen molar-refractivity contribution in [1.29, 1.82) is 0 Å². The molecule has 0 saturated carbocycles. The summed E-state index contributed by atoms with van der Waals surface area (Å²) in [5.74, 6) is 0.0285. The van der Waals surface area contributed by atoms with Crippen LogP contribution in [0.2, 0.25) is 0 Å². The van der Waals surface area contributed by atoms with E-state index in [1.165, 1.54) is 12.8 Å². The molecule has 6 nitrogen and oxygen atoms in total. The van der Waals surface area contributed by atoms with Gasteiger partial charge in [-0.2, -0.15) is 0 Å². The van der Waals surface area contributed by atoms with E-state index >= 15 is 0 Å². The summed E-state index contributed by atoms with van der Waals surface area (Å²) in [6.45, 7) is 2.66. The summed E-state index contributed by atoms with van der Waals surface area (Å²) in [6, 6.07) is 7.59. The van der Waals surface area contributed by atoms with E-state index in [4.69, 9.17) is 0 Å². The van der Waals surface area contributed by atoms with Gasteiger partial charge < -0.3 is 20.9 Å². The smallest absolute Gasteiger partial charge is 0.321 e. The van der Waals surface area contributed by atoms with Crippen molar-refractivity contribution in [3.63, 3.8) is 0 Å². The molecular weight excluding hydrogens is 352 g/mol. The zero-order valence-corrected chi connectivity index (χ0v) is 15.9. The molecule has 2 fully saturated rings. The number of carbonyl (C=O) groups is 2. The Labute approximate surface area is 161 Å². The van der Waals surface area contributed by atoms with Crippen molar-refractivity contribution in [3.8, 4) is 0 Å². The lowest BCUT2D eigenvalue weighted by Crippen LogP contribution is -2.35. The number of halogens is 1. The molecule has 1 aromatic carbocycles. The first-order chi connectivity index (χ1) is 12.2. The first-order valence-corrected chi connectivity index (χ1v) is 9.40. The zero-order chi connectivity index (χ0) is 17.5. The lowest BCUT2D eigenvalue weighted by atomic mass is 10.1. The second kappa shape index (κ2) is 10.4. The Bertz CT molecular complexity index is 580. The number of benzene rings is 1. The van der Waals surface area contributed by atoms with Gasteiger partial charge in [0.2, 0.25) is 5.91 Å². The van der Waals surface area contributed by atoms with Crippen LogP contribution in [0.4, 0.5) is 16.2 Å². The number of amides is 3. The Morgan fingerprint density at radius 3 is 2.15 bits per heavy atom. The van der Waals surface area contributed by atoms with E-state index in [1.54, 1.807) is 0 Å². The average molecular weight is 381 g/mol. The van der Waals surface area contributed by atoms with Gasteiger partial charge in [0, 0.05) is 36.9 Å². The van der Waals surface area contributed by atoms with Gasteiger partial charge in [0.15, 0.2) is 0 Å². The molecule has 1 unspecified atom stereocenters. The van der Waals surface area contributed by atoms with E-state index in [-0.39, 0.29) is 24.3 Å². The fraction of sp³-hybridized carbons (Fsp3) is 0.579. The predicted molar refractivity (Wildman–Crippen MR) is 107 cm³/mol. The summed E-state index contributed by atoms with van der Waals surface area (Å²) in [6.07, 6.45) is 7.28. The molecule has 2 aliphatic heterocycles. The van der Waals surface area contributed by atoms with E-state index in [0.29, 0.717) is 12.5 Å². The molecule has 7 heteroatoms. The van der Waals surface area contributed by atoms with Crippen molar-refractivity contribution in [3.05, 3.63) is 24.3 Å². The first-order valence-electron chi connectivity index (χ1n) is 9.40. The topological polar surface area (TPSA) is 73.5 Å². The van der Waals surface area contributed by atoms with Crippen molar-refractivity contribution in [1.82, 2.24) is 10.2 Å². The molecule has 1 aromatic rings. The van der Waals surface area contributed by atoms with Crippen molar-refractivity contribution < 1.29 is 9.59 Å². The van der Waals surface area contributed by atoms with Crippen LogP contribution < -0.4 is 16.0 Å². The number of rotatable bonds is 4. The molecule has 2 heterocycles. The predicted octanol–water partition coefficient (Wildman–Crippen LogP) is 3.60. The van der Waals surface area contributed by atoms with E-state index in [0.717, 1.165) is 56.7 Å². The van der Waals surface area contributed by atoms with E-state index in [9.17, 15) is 9.59 Å². The molecular formula is C19H29ClN4O2. The van der Waals surface area contributed by atoms with Crippen LogP contribution in [0.1, 0.15) is 44.9 Å². The Morgan fingerprint density at radius 1 is 0.962 bits per heavy atom. The van der Waals surface area contributed by atoms with Crippen LogP contribution in [0.5, 0.6) is 0 Å². The molecule has 26 heavy (non-hydrogen) atoms. The number of nitrogens with one attached hydrogen (secondary N) is 3. The molecule has 144 valence electrons. The maximum Gasteiger partial charge on any atom is 0.321 e. The lowest BCUT2D eigenvalue weighted by molar-refractivity contribution is -0.116. The van der Waals surface area contributed by atoms with Gasteiger partial charge in [-0.15, -0.1) is 12.4 Å². The van der Waals surface area contributed by atoms with Crippen LogP contribution >= 0.6 is 12.4 Å². The summed E-state index contributed by atoms with van der Waals surface area (Å²) in [4.78, 5) is 26.2. The maximum absolute atomic E-state index is 12.3. The van der Waals surface area contributed by atoms with Gasteiger partial charge >= 0.3 is 6.03 Å². The Morgan fingerprint density at radius 2 is 1.58 bits per heavy atom. The molecule has 2 saturated heterocycles. The summed E-state index contributed by atoms with van der Waals surface area (Å²) in [7, 11) is 0. The average Bonchev–Trinajstić information content (AvgIpc) is 2.95. The first kappa shape index (κ1) is 20.5. The standard InChI is InChI=1S/C19H28N4O2.ClH/c24-18(14-17-6-5-11-20-17)21-15-7-9-16(10-8-15)22-19(25)23-12-3-1-2-4-13-23;/h7-10,17,20H,1-6,11-14H2,(H,21,24)(H,22,25);1H. The van der Waals surface area contributed by atoms with Crippen LogP contribution in [-0.4, -0.2) is 42.5 Å². The second-order valence-corrected chi connectivity index (χ2v) is 6.95. The summed E-state index contributed by atoms with van der Waals surface area (Å²) >= 11 is 0. The highest BCUT2D eigenvalue weighted by atomic mass is 35.5.